The first-order valence-corrected chi connectivity index (χ1v) is 14.5. The average Bonchev–Trinajstić information content (AvgIpc) is 2.88. The fourth-order valence-corrected chi connectivity index (χ4v) is 6.47. The molecule has 0 bridgehead atoms. The zero-order valence-corrected chi connectivity index (χ0v) is 23.2. The summed E-state index contributed by atoms with van der Waals surface area (Å²) in [5, 5.41) is 0. The number of piperidine rings is 1. The molecule has 2 heterocycles. The maximum absolute atomic E-state index is 13.6. The summed E-state index contributed by atoms with van der Waals surface area (Å²) in [4.78, 5) is 16.5. The number of rotatable bonds is 6. The molecule has 0 atom stereocenters. The highest BCUT2D eigenvalue weighted by atomic mass is 32.2. The Morgan fingerprint density at radius 2 is 1.59 bits per heavy atom. The second-order valence-corrected chi connectivity index (χ2v) is 12.8. The molecule has 0 saturated carbocycles. The molecule has 1 amide bonds. The van der Waals surface area contributed by atoms with Gasteiger partial charge in [0, 0.05) is 39.3 Å². The Balaban J connectivity index is 1.42. The minimum absolute atomic E-state index is 0.277. The Labute approximate surface area is 221 Å². The monoisotopic (exact) mass is 529 g/mol. The van der Waals surface area contributed by atoms with E-state index in [0.717, 1.165) is 24.9 Å². The highest BCUT2D eigenvalue weighted by Gasteiger charge is 2.32. The Bertz CT molecular complexity index is 1160. The molecule has 2 aromatic rings. The van der Waals surface area contributed by atoms with Crippen molar-refractivity contribution < 1.29 is 22.7 Å². The van der Waals surface area contributed by atoms with Gasteiger partial charge in [0.05, 0.1) is 17.7 Å². The van der Waals surface area contributed by atoms with Crippen LogP contribution in [0.5, 0.6) is 5.75 Å². The smallest absolute Gasteiger partial charge is 0.410 e. The highest BCUT2D eigenvalue weighted by Crippen LogP contribution is 2.34. The lowest BCUT2D eigenvalue weighted by atomic mass is 9.91. The Kier molecular flexibility index (Phi) is 8.33. The van der Waals surface area contributed by atoms with Crippen LogP contribution in [0.4, 0.5) is 10.5 Å². The number of anilines is 1. The predicted octanol–water partition coefficient (Wildman–Crippen LogP) is 4.40. The number of methoxy groups -OCH3 is 1. The van der Waals surface area contributed by atoms with E-state index in [-0.39, 0.29) is 11.0 Å². The summed E-state index contributed by atoms with van der Waals surface area (Å²) >= 11 is 0. The van der Waals surface area contributed by atoms with Gasteiger partial charge in [-0.05, 0) is 69.7 Å². The van der Waals surface area contributed by atoms with Gasteiger partial charge in [-0.2, -0.15) is 4.31 Å². The van der Waals surface area contributed by atoms with E-state index in [0.29, 0.717) is 50.9 Å². The molecule has 2 aromatic carbocycles. The molecular formula is C28H39N3O5S. The van der Waals surface area contributed by atoms with Crippen molar-refractivity contribution in [3.8, 4) is 5.75 Å². The first kappa shape index (κ1) is 27.3. The number of benzene rings is 2. The van der Waals surface area contributed by atoms with Crippen LogP contribution in [-0.4, -0.2) is 75.7 Å². The molecule has 4 rings (SSSR count). The van der Waals surface area contributed by atoms with Crippen molar-refractivity contribution in [2.45, 2.75) is 50.5 Å². The maximum Gasteiger partial charge on any atom is 0.410 e. The van der Waals surface area contributed by atoms with E-state index >= 15 is 0 Å². The van der Waals surface area contributed by atoms with E-state index in [2.05, 4.69) is 17.0 Å². The number of hydrogen-bond donors (Lipinski definition) is 0. The first-order valence-electron chi connectivity index (χ1n) is 13.0. The van der Waals surface area contributed by atoms with Gasteiger partial charge in [-0.15, -0.1) is 0 Å². The Morgan fingerprint density at radius 3 is 2.19 bits per heavy atom. The van der Waals surface area contributed by atoms with Crippen LogP contribution in [0.15, 0.2) is 53.4 Å². The van der Waals surface area contributed by atoms with Gasteiger partial charge >= 0.3 is 6.09 Å². The Morgan fingerprint density at radius 1 is 0.946 bits per heavy atom. The number of ether oxygens (including phenoxy) is 2. The van der Waals surface area contributed by atoms with E-state index in [1.807, 2.05) is 39.0 Å². The molecule has 2 saturated heterocycles. The van der Waals surface area contributed by atoms with Gasteiger partial charge in [0.2, 0.25) is 10.0 Å². The quantitative estimate of drug-likeness (QED) is 0.552. The SMILES string of the molecule is COc1ccc(S(=O)(=O)N2CCC(Cc3ccccc3)CC2)cc1N1CCN(C(=O)OC(C)(C)C)CC1. The maximum atomic E-state index is 13.6. The highest BCUT2D eigenvalue weighted by molar-refractivity contribution is 7.89. The molecular weight excluding hydrogens is 490 g/mol. The van der Waals surface area contributed by atoms with Crippen molar-refractivity contribution in [1.82, 2.24) is 9.21 Å². The topological polar surface area (TPSA) is 79.4 Å². The van der Waals surface area contributed by atoms with Crippen LogP contribution in [-0.2, 0) is 21.2 Å². The summed E-state index contributed by atoms with van der Waals surface area (Å²) in [6, 6.07) is 15.5. The summed E-state index contributed by atoms with van der Waals surface area (Å²) in [6.45, 7) is 8.70. The number of sulfonamides is 1. The minimum atomic E-state index is -3.62. The third kappa shape index (κ3) is 6.76. The molecule has 8 nitrogen and oxygen atoms in total. The van der Waals surface area contributed by atoms with E-state index < -0.39 is 15.6 Å². The van der Waals surface area contributed by atoms with Crippen LogP contribution in [0.3, 0.4) is 0 Å². The lowest BCUT2D eigenvalue weighted by Gasteiger charge is -2.37. The number of carbonyl (C=O) groups excluding carboxylic acids is 1. The third-order valence-electron chi connectivity index (χ3n) is 7.00. The van der Waals surface area contributed by atoms with E-state index in [1.54, 1.807) is 34.5 Å². The molecule has 0 radical (unpaired) electrons. The molecule has 0 N–H and O–H groups in total. The second-order valence-electron chi connectivity index (χ2n) is 10.8. The molecule has 0 spiro atoms. The van der Waals surface area contributed by atoms with Crippen molar-refractivity contribution in [3.05, 3.63) is 54.1 Å². The summed E-state index contributed by atoms with van der Waals surface area (Å²) < 4.78 is 39.8. The number of amides is 1. The summed E-state index contributed by atoms with van der Waals surface area (Å²) in [7, 11) is -2.04. The van der Waals surface area contributed by atoms with Crippen LogP contribution in [0.2, 0.25) is 0 Å². The minimum Gasteiger partial charge on any atom is -0.495 e. The van der Waals surface area contributed by atoms with Crippen molar-refractivity contribution in [2.75, 3.05) is 51.3 Å². The zero-order valence-electron chi connectivity index (χ0n) is 22.4. The molecule has 2 aliphatic rings. The second kappa shape index (κ2) is 11.3. The van der Waals surface area contributed by atoms with Crippen LogP contribution in [0.1, 0.15) is 39.2 Å². The van der Waals surface area contributed by atoms with E-state index in [9.17, 15) is 13.2 Å². The Hall–Kier alpha value is -2.78. The van der Waals surface area contributed by atoms with Crippen molar-refractivity contribution >= 4 is 21.8 Å². The summed E-state index contributed by atoms with van der Waals surface area (Å²) in [5.41, 5.74) is 1.48. The van der Waals surface area contributed by atoms with Crippen molar-refractivity contribution in [2.24, 2.45) is 5.92 Å². The van der Waals surface area contributed by atoms with Gasteiger partial charge in [0.15, 0.2) is 0 Å². The molecule has 0 aliphatic carbocycles. The van der Waals surface area contributed by atoms with Gasteiger partial charge in [-0.25, -0.2) is 13.2 Å². The molecule has 9 heteroatoms. The summed E-state index contributed by atoms with van der Waals surface area (Å²) in [6.07, 6.45) is 2.36. The van der Waals surface area contributed by atoms with Gasteiger partial charge < -0.3 is 19.3 Å². The van der Waals surface area contributed by atoms with Gasteiger partial charge in [-0.1, -0.05) is 30.3 Å². The fraction of sp³-hybridized carbons (Fsp3) is 0.536. The molecule has 0 unspecified atom stereocenters. The van der Waals surface area contributed by atoms with Gasteiger partial charge in [0.25, 0.3) is 0 Å². The first-order chi connectivity index (χ1) is 17.6. The van der Waals surface area contributed by atoms with E-state index in [1.165, 1.54) is 5.56 Å². The van der Waals surface area contributed by atoms with Crippen LogP contribution < -0.4 is 9.64 Å². The predicted molar refractivity (Wildman–Crippen MR) is 145 cm³/mol. The van der Waals surface area contributed by atoms with Gasteiger partial charge in [0.1, 0.15) is 11.4 Å². The molecule has 202 valence electrons. The lowest BCUT2D eigenvalue weighted by molar-refractivity contribution is 0.0240. The standard InChI is InChI=1S/C28H39N3O5S/c1-28(2,3)36-27(32)30-18-16-29(17-19-30)25-21-24(10-11-26(25)35-4)37(33,34)31-14-12-23(13-15-31)20-22-8-6-5-7-9-22/h5-11,21,23H,12-20H2,1-4H3. The van der Waals surface area contributed by atoms with E-state index in [4.69, 9.17) is 9.47 Å². The van der Waals surface area contributed by atoms with Crippen LogP contribution in [0, 0.1) is 5.92 Å². The number of piperazine rings is 1. The third-order valence-corrected chi connectivity index (χ3v) is 8.90. The molecule has 2 aliphatic heterocycles. The van der Waals surface area contributed by atoms with Crippen LogP contribution in [0.25, 0.3) is 0 Å². The van der Waals surface area contributed by atoms with Crippen molar-refractivity contribution in [3.63, 3.8) is 0 Å². The zero-order chi connectivity index (χ0) is 26.6. The number of carbonyl (C=O) groups is 1. The lowest BCUT2D eigenvalue weighted by Crippen LogP contribution is -2.50. The fourth-order valence-electron chi connectivity index (χ4n) is 4.98. The van der Waals surface area contributed by atoms with Gasteiger partial charge in [-0.3, -0.25) is 0 Å². The summed E-state index contributed by atoms with van der Waals surface area (Å²) in [5.74, 6) is 1.10. The largest absolute Gasteiger partial charge is 0.495 e. The average molecular weight is 530 g/mol. The molecule has 37 heavy (non-hydrogen) atoms. The van der Waals surface area contributed by atoms with Crippen LogP contribution >= 0.6 is 0 Å². The molecule has 2 fully saturated rings. The normalized spacial score (nSPS) is 18.1. The van der Waals surface area contributed by atoms with Crippen molar-refractivity contribution in [1.29, 1.82) is 0 Å². The number of hydrogen-bond acceptors (Lipinski definition) is 6. The molecule has 0 aromatic heterocycles. The number of nitrogens with zero attached hydrogens (tertiary/aromatic N) is 3.